The fraction of sp³-hybridized carbons (Fsp3) is 0.556. The Kier molecular flexibility index (Phi) is 4.16. The highest BCUT2D eigenvalue weighted by atomic mass is 32.2. The third kappa shape index (κ3) is 2.59. The van der Waals surface area contributed by atoms with Crippen LogP contribution >= 0.6 is 0 Å². The third-order valence-electron chi connectivity index (χ3n) is 2.02. The third-order valence-corrected chi connectivity index (χ3v) is 2.96. The van der Waals surface area contributed by atoms with Gasteiger partial charge >= 0.3 is 0 Å². The first kappa shape index (κ1) is 11.3. The van der Waals surface area contributed by atoms with Gasteiger partial charge in [-0.1, -0.05) is 13.3 Å². The van der Waals surface area contributed by atoms with Gasteiger partial charge in [0, 0.05) is 12.4 Å². The molecule has 0 aliphatic rings. The Morgan fingerprint density at radius 1 is 1.50 bits per heavy atom. The summed E-state index contributed by atoms with van der Waals surface area (Å²) in [5, 5.41) is -0.409. The largest absolute Gasteiger partial charge is 0.306 e. The first-order valence-corrected chi connectivity index (χ1v) is 5.71. The average molecular weight is 214 g/mol. The first-order chi connectivity index (χ1) is 6.66. The minimum absolute atomic E-state index is 0.409. The monoisotopic (exact) mass is 214 g/mol. The Hall–Kier alpha value is -0.810. The minimum Gasteiger partial charge on any atom is -0.306 e. The van der Waals surface area contributed by atoms with Crippen molar-refractivity contribution in [1.29, 1.82) is 0 Å². The summed E-state index contributed by atoms with van der Waals surface area (Å²) in [6.45, 7) is 3.78. The first-order valence-electron chi connectivity index (χ1n) is 4.54. The van der Waals surface area contributed by atoms with E-state index in [4.69, 9.17) is 4.55 Å². The Morgan fingerprint density at radius 3 is 2.64 bits per heavy atom. The van der Waals surface area contributed by atoms with Gasteiger partial charge in [-0.25, -0.2) is 4.21 Å². The minimum atomic E-state index is -1.87. The molecule has 2 unspecified atom stereocenters. The molecule has 1 N–H and O–H groups in total. The second-order valence-corrected chi connectivity index (χ2v) is 4.20. The molecule has 0 saturated carbocycles. The van der Waals surface area contributed by atoms with Crippen LogP contribution in [0, 0.1) is 6.92 Å². The van der Waals surface area contributed by atoms with Crippen molar-refractivity contribution in [2.24, 2.45) is 0 Å². The van der Waals surface area contributed by atoms with E-state index >= 15 is 0 Å². The summed E-state index contributed by atoms with van der Waals surface area (Å²) >= 11 is -1.87. The maximum absolute atomic E-state index is 11.1. The lowest BCUT2D eigenvalue weighted by Gasteiger charge is -2.12. The van der Waals surface area contributed by atoms with Crippen LogP contribution in [0.4, 0.5) is 0 Å². The summed E-state index contributed by atoms with van der Waals surface area (Å²) in [7, 11) is 0. The molecule has 1 heterocycles. The predicted octanol–water partition coefficient (Wildman–Crippen LogP) is 1.85. The molecule has 1 aromatic rings. The predicted molar refractivity (Wildman–Crippen MR) is 55.2 cm³/mol. The lowest BCUT2D eigenvalue weighted by Crippen LogP contribution is -2.10. The van der Waals surface area contributed by atoms with E-state index < -0.39 is 16.3 Å². The van der Waals surface area contributed by atoms with Crippen molar-refractivity contribution in [2.45, 2.75) is 31.9 Å². The molecule has 0 aliphatic carbocycles. The lowest BCUT2D eigenvalue weighted by molar-refractivity contribution is 0.538. The highest BCUT2D eigenvalue weighted by molar-refractivity contribution is 7.79. The van der Waals surface area contributed by atoms with Crippen LogP contribution in [0.15, 0.2) is 12.4 Å². The fourth-order valence-corrected chi connectivity index (χ4v) is 2.19. The zero-order chi connectivity index (χ0) is 10.6. The summed E-state index contributed by atoms with van der Waals surface area (Å²) in [6, 6.07) is 0. The smallest absolute Gasteiger partial charge is 0.162 e. The number of aromatic nitrogens is 2. The van der Waals surface area contributed by atoms with E-state index in [0.29, 0.717) is 12.1 Å². The average Bonchev–Trinajstić information content (AvgIpc) is 2.15. The molecule has 78 valence electrons. The molecule has 0 fully saturated rings. The maximum Gasteiger partial charge on any atom is 0.162 e. The van der Waals surface area contributed by atoms with Crippen LogP contribution in [0.25, 0.3) is 0 Å². The van der Waals surface area contributed by atoms with Crippen molar-refractivity contribution in [3.63, 3.8) is 0 Å². The summed E-state index contributed by atoms with van der Waals surface area (Å²) in [5.41, 5.74) is 1.36. The number of rotatable bonds is 4. The lowest BCUT2D eigenvalue weighted by atomic mass is 10.1. The Bertz CT molecular complexity index is 330. The van der Waals surface area contributed by atoms with Gasteiger partial charge in [-0.2, -0.15) is 0 Å². The quantitative estimate of drug-likeness (QED) is 0.777. The van der Waals surface area contributed by atoms with Crippen molar-refractivity contribution in [2.75, 3.05) is 0 Å². The number of hydrogen-bond donors (Lipinski definition) is 1. The van der Waals surface area contributed by atoms with Gasteiger partial charge in [0.2, 0.25) is 0 Å². The zero-order valence-corrected chi connectivity index (χ0v) is 9.12. The van der Waals surface area contributed by atoms with Crippen molar-refractivity contribution < 1.29 is 8.76 Å². The second-order valence-electron chi connectivity index (χ2n) is 3.08. The standard InChI is InChI=1S/C9H14N2O2S/c1-3-4-8(14(12)13)9-7(2)10-5-6-11-9/h5-6,8H,3-4H2,1-2H3,(H,12,13). The molecule has 4 nitrogen and oxygen atoms in total. The molecule has 0 spiro atoms. The van der Waals surface area contributed by atoms with Crippen molar-refractivity contribution in [3.8, 4) is 0 Å². The molecule has 0 radical (unpaired) electrons. The van der Waals surface area contributed by atoms with Gasteiger partial charge in [-0.3, -0.25) is 9.97 Å². The normalized spacial score (nSPS) is 15.1. The molecule has 0 saturated heterocycles. The summed E-state index contributed by atoms with van der Waals surface area (Å²) < 4.78 is 20.2. The van der Waals surface area contributed by atoms with Gasteiger partial charge < -0.3 is 4.55 Å². The highest BCUT2D eigenvalue weighted by Crippen LogP contribution is 2.23. The van der Waals surface area contributed by atoms with Gasteiger partial charge in [-0.15, -0.1) is 0 Å². The molecule has 0 bridgehead atoms. The van der Waals surface area contributed by atoms with Gasteiger partial charge in [0.1, 0.15) is 5.25 Å². The molecule has 0 aromatic carbocycles. The summed E-state index contributed by atoms with van der Waals surface area (Å²) in [4.78, 5) is 8.16. The molecule has 2 atom stereocenters. The SMILES string of the molecule is CCCC(c1nccnc1C)S(=O)O. The van der Waals surface area contributed by atoms with Gasteiger partial charge in [0.05, 0.1) is 11.4 Å². The van der Waals surface area contributed by atoms with Crippen molar-refractivity contribution in [1.82, 2.24) is 9.97 Å². The number of aryl methyl sites for hydroxylation is 1. The molecule has 1 rings (SSSR count). The van der Waals surface area contributed by atoms with E-state index in [1.807, 2.05) is 6.92 Å². The van der Waals surface area contributed by atoms with Crippen molar-refractivity contribution >= 4 is 11.1 Å². The molecule has 0 amide bonds. The van der Waals surface area contributed by atoms with Gasteiger partial charge in [-0.05, 0) is 13.3 Å². The molecular formula is C9H14N2O2S. The fourth-order valence-electron chi connectivity index (χ4n) is 1.33. The molecular weight excluding hydrogens is 200 g/mol. The van der Waals surface area contributed by atoms with Crippen LogP contribution in [0.2, 0.25) is 0 Å². The Labute approximate surface area is 86.1 Å². The van der Waals surface area contributed by atoms with E-state index in [2.05, 4.69) is 9.97 Å². The van der Waals surface area contributed by atoms with Crippen LogP contribution in [0.3, 0.4) is 0 Å². The maximum atomic E-state index is 11.1. The van der Waals surface area contributed by atoms with E-state index in [9.17, 15) is 4.21 Å². The van der Waals surface area contributed by atoms with E-state index in [1.54, 1.807) is 19.3 Å². The van der Waals surface area contributed by atoms with Crippen LogP contribution in [0.5, 0.6) is 0 Å². The number of nitrogens with zero attached hydrogens (tertiary/aromatic N) is 2. The molecule has 14 heavy (non-hydrogen) atoms. The van der Waals surface area contributed by atoms with Gasteiger partial charge in [0.25, 0.3) is 0 Å². The van der Waals surface area contributed by atoms with E-state index in [1.165, 1.54) is 0 Å². The van der Waals surface area contributed by atoms with E-state index in [0.717, 1.165) is 12.1 Å². The zero-order valence-electron chi connectivity index (χ0n) is 8.30. The molecule has 5 heteroatoms. The van der Waals surface area contributed by atoms with Crippen LogP contribution < -0.4 is 0 Å². The van der Waals surface area contributed by atoms with Crippen LogP contribution in [-0.4, -0.2) is 18.7 Å². The highest BCUT2D eigenvalue weighted by Gasteiger charge is 2.20. The van der Waals surface area contributed by atoms with Gasteiger partial charge in [0.15, 0.2) is 11.1 Å². The van der Waals surface area contributed by atoms with Crippen LogP contribution in [-0.2, 0) is 11.1 Å². The molecule has 0 aliphatic heterocycles. The van der Waals surface area contributed by atoms with Crippen LogP contribution in [0.1, 0.15) is 36.4 Å². The second kappa shape index (κ2) is 5.17. The molecule has 1 aromatic heterocycles. The van der Waals surface area contributed by atoms with E-state index in [-0.39, 0.29) is 0 Å². The topological polar surface area (TPSA) is 63.1 Å². The summed E-state index contributed by atoms with van der Waals surface area (Å²) in [5.74, 6) is 0. The number of hydrogen-bond acceptors (Lipinski definition) is 3. The Morgan fingerprint density at radius 2 is 2.14 bits per heavy atom. The summed E-state index contributed by atoms with van der Waals surface area (Å²) in [6.07, 6.45) is 4.65. The van der Waals surface area contributed by atoms with Crippen molar-refractivity contribution in [3.05, 3.63) is 23.8 Å². The Balaban J connectivity index is 2.99.